The van der Waals surface area contributed by atoms with Crippen LogP contribution in [0.3, 0.4) is 0 Å². The number of nitrogens with one attached hydrogen (secondary N) is 2. The molecular weight excluding hydrogens is 308 g/mol. The van der Waals surface area contributed by atoms with Crippen LogP contribution in [0.25, 0.3) is 0 Å². The van der Waals surface area contributed by atoms with Gasteiger partial charge in [-0.05, 0) is 44.7 Å². The maximum atomic E-state index is 7.69. The van der Waals surface area contributed by atoms with Crippen LogP contribution in [0.4, 0.5) is 0 Å². The van der Waals surface area contributed by atoms with Crippen LogP contribution in [-0.4, -0.2) is 31.4 Å². The van der Waals surface area contributed by atoms with Crippen molar-refractivity contribution in [1.29, 1.82) is 5.41 Å². The number of halogens is 1. The molecule has 0 radical (unpaired) electrons. The molecule has 4 nitrogen and oxygen atoms in total. The summed E-state index contributed by atoms with van der Waals surface area (Å²) in [5.41, 5.74) is 1.41. The second kappa shape index (κ2) is 9.78. The van der Waals surface area contributed by atoms with Crippen LogP contribution in [0.2, 0.25) is 0 Å². The van der Waals surface area contributed by atoms with Gasteiger partial charge in [-0.15, -0.1) is 0 Å². The highest BCUT2D eigenvalue weighted by molar-refractivity contribution is 6.48. The van der Waals surface area contributed by atoms with Crippen LogP contribution in [-0.2, 0) is 0 Å². The quantitative estimate of drug-likeness (QED) is 0.601. The fourth-order valence-corrected chi connectivity index (χ4v) is 3.12. The van der Waals surface area contributed by atoms with Gasteiger partial charge in [0.25, 0.3) is 0 Å². The molecule has 2 saturated carbocycles. The van der Waals surface area contributed by atoms with Gasteiger partial charge in [-0.2, -0.15) is 0 Å². The topological polar surface area (TPSA) is 60.6 Å². The summed E-state index contributed by atoms with van der Waals surface area (Å²) in [5.74, 6) is 0.770. The Balaban J connectivity index is 2.03. The molecule has 0 amide bonds. The summed E-state index contributed by atoms with van der Waals surface area (Å²) in [6.45, 7) is 3.97. The number of nitrogens with zero attached hydrogens (tertiary/aromatic N) is 2. The molecule has 2 fully saturated rings. The Hall–Kier alpha value is -1.26. The molecule has 23 heavy (non-hydrogen) atoms. The van der Waals surface area contributed by atoms with Gasteiger partial charge in [0.1, 0.15) is 0 Å². The Labute approximate surface area is 144 Å². The maximum Gasteiger partial charge on any atom is 0.0894 e. The predicted molar refractivity (Wildman–Crippen MR) is 100 cm³/mol. The van der Waals surface area contributed by atoms with Crippen LogP contribution in [0.15, 0.2) is 32.9 Å². The normalized spacial score (nSPS) is 21.3. The van der Waals surface area contributed by atoms with Crippen molar-refractivity contribution in [3.8, 4) is 0 Å². The molecule has 2 aliphatic rings. The first kappa shape index (κ1) is 18.1. The molecule has 2 N–H and O–H groups in total. The fourth-order valence-electron chi connectivity index (χ4n) is 2.88. The third-order valence-electron chi connectivity index (χ3n) is 4.45. The standard InChI is InChI=1S/C18H27ClN4/c1-21-12-17(19)18(15(11-20)10-9-14-7-8-14)23-13-22-16-5-3-2-4-6-16/h10-12,14,16,20,22H,1-9,13H2/b15-10-,17-12+,20-11?,23-18?. The minimum atomic E-state index is 0.441. The van der Waals surface area contributed by atoms with Crippen molar-refractivity contribution in [1.82, 2.24) is 5.32 Å². The van der Waals surface area contributed by atoms with E-state index in [2.05, 4.69) is 28.1 Å². The number of rotatable bonds is 9. The van der Waals surface area contributed by atoms with Gasteiger partial charge in [0.15, 0.2) is 0 Å². The van der Waals surface area contributed by atoms with Crippen molar-refractivity contribution in [2.45, 2.75) is 57.4 Å². The summed E-state index contributed by atoms with van der Waals surface area (Å²) in [6.07, 6.45) is 14.8. The summed E-state index contributed by atoms with van der Waals surface area (Å²) in [7, 11) is 0. The molecular formula is C18H27ClN4. The molecule has 0 bridgehead atoms. The third-order valence-corrected chi connectivity index (χ3v) is 4.73. The fraction of sp³-hybridized carbons (Fsp3) is 0.611. The Kier molecular flexibility index (Phi) is 7.69. The number of hydrogen-bond acceptors (Lipinski definition) is 4. The van der Waals surface area contributed by atoms with E-state index in [-0.39, 0.29) is 0 Å². The Bertz CT molecular complexity index is 497. The Morgan fingerprint density at radius 3 is 2.57 bits per heavy atom. The minimum Gasteiger partial charge on any atom is -0.308 e. The average molecular weight is 335 g/mol. The van der Waals surface area contributed by atoms with Gasteiger partial charge in [0.05, 0.1) is 17.4 Å². The van der Waals surface area contributed by atoms with Gasteiger partial charge >= 0.3 is 0 Å². The summed E-state index contributed by atoms with van der Waals surface area (Å²) < 4.78 is 0. The molecule has 2 aliphatic carbocycles. The molecule has 0 aromatic heterocycles. The highest BCUT2D eigenvalue weighted by atomic mass is 35.5. The smallest absolute Gasteiger partial charge is 0.0894 e. The predicted octanol–water partition coefficient (Wildman–Crippen LogP) is 4.46. The van der Waals surface area contributed by atoms with E-state index in [1.54, 1.807) is 0 Å². The molecule has 126 valence electrons. The van der Waals surface area contributed by atoms with Crippen molar-refractivity contribution in [2.24, 2.45) is 15.9 Å². The summed E-state index contributed by atoms with van der Waals surface area (Å²) >= 11 is 6.30. The zero-order valence-corrected chi connectivity index (χ0v) is 14.5. The molecule has 0 spiro atoms. The first-order valence-electron chi connectivity index (χ1n) is 8.55. The summed E-state index contributed by atoms with van der Waals surface area (Å²) in [6, 6.07) is 0.549. The van der Waals surface area contributed by atoms with E-state index in [9.17, 15) is 0 Å². The van der Waals surface area contributed by atoms with Crippen molar-refractivity contribution < 1.29 is 0 Å². The van der Waals surface area contributed by atoms with Crippen LogP contribution in [0, 0.1) is 11.3 Å². The second-order valence-electron chi connectivity index (χ2n) is 6.35. The van der Waals surface area contributed by atoms with Crippen molar-refractivity contribution >= 4 is 30.2 Å². The van der Waals surface area contributed by atoms with Gasteiger partial charge in [0.2, 0.25) is 0 Å². The van der Waals surface area contributed by atoms with Gasteiger partial charge in [-0.3, -0.25) is 15.3 Å². The average Bonchev–Trinajstić information content (AvgIpc) is 3.39. The first-order valence-corrected chi connectivity index (χ1v) is 8.93. The maximum absolute atomic E-state index is 7.69. The second-order valence-corrected chi connectivity index (χ2v) is 6.75. The molecule has 0 saturated heterocycles. The lowest BCUT2D eigenvalue weighted by Gasteiger charge is -2.22. The van der Waals surface area contributed by atoms with E-state index in [4.69, 9.17) is 17.0 Å². The lowest BCUT2D eigenvalue weighted by molar-refractivity contribution is 0.378. The molecule has 0 atom stereocenters. The summed E-state index contributed by atoms with van der Waals surface area (Å²) in [4.78, 5) is 8.34. The van der Waals surface area contributed by atoms with Gasteiger partial charge < -0.3 is 5.41 Å². The van der Waals surface area contributed by atoms with Crippen molar-refractivity contribution in [2.75, 3.05) is 6.67 Å². The Morgan fingerprint density at radius 1 is 1.22 bits per heavy atom. The summed E-state index contributed by atoms with van der Waals surface area (Å²) in [5, 5.41) is 11.6. The molecule has 0 aliphatic heterocycles. The van der Waals surface area contributed by atoms with E-state index in [1.807, 2.05) is 0 Å². The van der Waals surface area contributed by atoms with Gasteiger partial charge in [0, 0.05) is 24.0 Å². The lowest BCUT2D eigenvalue weighted by atomic mass is 9.96. The van der Waals surface area contributed by atoms with Gasteiger partial charge in [-0.25, -0.2) is 0 Å². The number of hydrogen-bond donors (Lipinski definition) is 2. The van der Waals surface area contributed by atoms with E-state index in [1.165, 1.54) is 57.4 Å². The highest BCUT2D eigenvalue weighted by Crippen LogP contribution is 2.33. The van der Waals surface area contributed by atoms with Crippen LogP contribution in [0.5, 0.6) is 0 Å². The minimum absolute atomic E-state index is 0.441. The third kappa shape index (κ3) is 6.40. The zero-order chi connectivity index (χ0) is 16.5. The molecule has 0 aromatic rings. The van der Waals surface area contributed by atoms with E-state index < -0.39 is 0 Å². The van der Waals surface area contributed by atoms with E-state index in [0.717, 1.165) is 17.9 Å². The highest BCUT2D eigenvalue weighted by Gasteiger charge is 2.20. The molecule has 5 heteroatoms. The SMILES string of the molecule is C=N/C=C(/Cl)C(=NCNC1CCCCC1)/C(C=N)=C\CC1CC1. The number of allylic oxidation sites excluding steroid dienone is 3. The molecule has 2 rings (SSSR count). The molecule has 0 heterocycles. The molecule has 0 unspecified atom stereocenters. The van der Waals surface area contributed by atoms with E-state index in [0.29, 0.717) is 23.5 Å². The lowest BCUT2D eigenvalue weighted by Crippen LogP contribution is -2.31. The van der Waals surface area contributed by atoms with E-state index >= 15 is 0 Å². The van der Waals surface area contributed by atoms with Crippen LogP contribution < -0.4 is 5.32 Å². The van der Waals surface area contributed by atoms with Crippen LogP contribution >= 0.6 is 11.6 Å². The number of aliphatic imine (C=N–C) groups is 2. The van der Waals surface area contributed by atoms with Crippen molar-refractivity contribution in [3.05, 3.63) is 22.9 Å². The monoisotopic (exact) mass is 334 g/mol. The largest absolute Gasteiger partial charge is 0.308 e. The molecule has 0 aromatic carbocycles. The first-order chi connectivity index (χ1) is 11.2. The Morgan fingerprint density at radius 2 is 1.96 bits per heavy atom. The van der Waals surface area contributed by atoms with Gasteiger partial charge in [-0.1, -0.05) is 36.9 Å². The van der Waals surface area contributed by atoms with Crippen LogP contribution in [0.1, 0.15) is 51.4 Å². The zero-order valence-electron chi connectivity index (χ0n) is 13.7. The van der Waals surface area contributed by atoms with Crippen molar-refractivity contribution in [3.63, 3.8) is 0 Å².